The molecule has 1 saturated heterocycles. The lowest BCUT2D eigenvalue weighted by atomic mass is 9.86. The van der Waals surface area contributed by atoms with Crippen LogP contribution in [0.1, 0.15) is 39.7 Å². The fourth-order valence-corrected chi connectivity index (χ4v) is 4.24. The predicted molar refractivity (Wildman–Crippen MR) is 96.4 cm³/mol. The van der Waals surface area contributed by atoms with E-state index in [1.807, 2.05) is 30.9 Å². The lowest BCUT2D eigenvalue weighted by molar-refractivity contribution is -0.134. The van der Waals surface area contributed by atoms with E-state index in [0.717, 1.165) is 30.8 Å². The number of carbonyl (C=O) groups excluding carboxylic acids is 2. The molecule has 2 aliphatic heterocycles. The van der Waals surface area contributed by atoms with Crippen molar-refractivity contribution < 1.29 is 9.59 Å². The SMILES string of the molecule is C[C@@H]1C[C@H](C)CN(C(=O)CN2C(=O)C(C)(C)c3cc(Cl)ccc32)C1. The maximum atomic E-state index is 12.9. The molecule has 2 amide bonds. The Morgan fingerprint density at radius 2 is 1.88 bits per heavy atom. The van der Waals surface area contributed by atoms with E-state index in [4.69, 9.17) is 11.6 Å². The Labute approximate surface area is 148 Å². The van der Waals surface area contributed by atoms with Gasteiger partial charge in [0.05, 0.1) is 5.41 Å². The second kappa shape index (κ2) is 6.07. The molecule has 130 valence electrons. The van der Waals surface area contributed by atoms with E-state index in [1.54, 1.807) is 11.0 Å². The number of fused-ring (bicyclic) bond motifs is 1. The molecule has 2 aliphatic rings. The van der Waals surface area contributed by atoms with Gasteiger partial charge in [-0.25, -0.2) is 0 Å². The summed E-state index contributed by atoms with van der Waals surface area (Å²) in [5, 5.41) is 0.612. The van der Waals surface area contributed by atoms with Crippen LogP contribution in [0.3, 0.4) is 0 Å². The lowest BCUT2D eigenvalue weighted by Gasteiger charge is -2.36. The standard InChI is InChI=1S/C19H25ClN2O2/c1-12-7-13(2)10-21(9-12)17(23)11-22-16-6-5-14(20)8-15(16)19(3,4)18(22)24/h5-6,8,12-13H,7,9-11H2,1-4H3/t12-,13+. The molecule has 2 atom stereocenters. The summed E-state index contributed by atoms with van der Waals surface area (Å²) in [4.78, 5) is 29.2. The van der Waals surface area contributed by atoms with Gasteiger partial charge in [0.15, 0.2) is 0 Å². The van der Waals surface area contributed by atoms with Crippen LogP contribution in [0.5, 0.6) is 0 Å². The zero-order valence-electron chi connectivity index (χ0n) is 14.8. The van der Waals surface area contributed by atoms with Gasteiger partial charge in [0.25, 0.3) is 0 Å². The molecule has 1 fully saturated rings. The van der Waals surface area contributed by atoms with Gasteiger partial charge in [-0.2, -0.15) is 0 Å². The molecule has 1 aromatic rings. The first-order chi connectivity index (χ1) is 11.2. The first kappa shape index (κ1) is 17.3. The van der Waals surface area contributed by atoms with Crippen molar-refractivity contribution in [2.75, 3.05) is 24.5 Å². The number of rotatable bonds is 2. The van der Waals surface area contributed by atoms with Gasteiger partial charge in [0.1, 0.15) is 6.54 Å². The highest BCUT2D eigenvalue weighted by Gasteiger charge is 2.45. The molecule has 0 aliphatic carbocycles. The Bertz CT molecular complexity index is 676. The number of likely N-dealkylation sites (tertiary alicyclic amines) is 1. The average molecular weight is 349 g/mol. The third kappa shape index (κ3) is 2.92. The van der Waals surface area contributed by atoms with Crippen LogP contribution in [-0.4, -0.2) is 36.3 Å². The highest BCUT2D eigenvalue weighted by molar-refractivity contribution is 6.31. The van der Waals surface area contributed by atoms with E-state index in [1.165, 1.54) is 0 Å². The van der Waals surface area contributed by atoms with E-state index in [0.29, 0.717) is 16.9 Å². The van der Waals surface area contributed by atoms with Crippen LogP contribution in [-0.2, 0) is 15.0 Å². The second-order valence-corrected chi connectivity index (χ2v) is 8.36. The highest BCUT2D eigenvalue weighted by atomic mass is 35.5. The molecule has 1 aromatic carbocycles. The van der Waals surface area contributed by atoms with Crippen molar-refractivity contribution in [2.45, 2.75) is 39.5 Å². The molecule has 0 N–H and O–H groups in total. The number of nitrogens with zero attached hydrogens (tertiary/aromatic N) is 2. The summed E-state index contributed by atoms with van der Waals surface area (Å²) in [6, 6.07) is 5.46. The minimum Gasteiger partial charge on any atom is -0.341 e. The van der Waals surface area contributed by atoms with Gasteiger partial charge in [-0.1, -0.05) is 25.4 Å². The van der Waals surface area contributed by atoms with Gasteiger partial charge in [-0.3, -0.25) is 9.59 Å². The van der Waals surface area contributed by atoms with Gasteiger partial charge >= 0.3 is 0 Å². The quantitative estimate of drug-likeness (QED) is 0.821. The van der Waals surface area contributed by atoms with Crippen molar-refractivity contribution in [3.63, 3.8) is 0 Å². The molecule has 0 radical (unpaired) electrons. The van der Waals surface area contributed by atoms with Gasteiger partial charge in [-0.05, 0) is 55.9 Å². The van der Waals surface area contributed by atoms with Crippen LogP contribution in [0.25, 0.3) is 0 Å². The monoisotopic (exact) mass is 348 g/mol. The summed E-state index contributed by atoms with van der Waals surface area (Å²) < 4.78 is 0. The number of amides is 2. The van der Waals surface area contributed by atoms with Crippen molar-refractivity contribution in [2.24, 2.45) is 11.8 Å². The zero-order valence-corrected chi connectivity index (χ0v) is 15.6. The summed E-state index contributed by atoms with van der Waals surface area (Å²) in [5.41, 5.74) is 1.05. The number of hydrogen-bond donors (Lipinski definition) is 0. The van der Waals surface area contributed by atoms with E-state index < -0.39 is 5.41 Å². The number of anilines is 1. The first-order valence-electron chi connectivity index (χ1n) is 8.60. The topological polar surface area (TPSA) is 40.6 Å². The molecule has 5 heteroatoms. The molecule has 3 rings (SSSR count). The van der Waals surface area contributed by atoms with E-state index >= 15 is 0 Å². The third-order valence-corrected chi connectivity index (χ3v) is 5.45. The Balaban J connectivity index is 1.83. The van der Waals surface area contributed by atoms with Crippen molar-refractivity contribution in [1.29, 1.82) is 0 Å². The van der Waals surface area contributed by atoms with Gasteiger partial charge in [0, 0.05) is 23.8 Å². The molecule has 0 aromatic heterocycles. The summed E-state index contributed by atoms with van der Waals surface area (Å²) >= 11 is 6.10. The maximum Gasteiger partial charge on any atom is 0.242 e. The summed E-state index contributed by atoms with van der Waals surface area (Å²) in [6.07, 6.45) is 1.15. The summed E-state index contributed by atoms with van der Waals surface area (Å²) in [6.45, 7) is 9.80. The smallest absolute Gasteiger partial charge is 0.242 e. The predicted octanol–water partition coefficient (Wildman–Crippen LogP) is 3.47. The van der Waals surface area contributed by atoms with Gasteiger partial charge in [-0.15, -0.1) is 0 Å². The highest BCUT2D eigenvalue weighted by Crippen LogP contribution is 2.42. The summed E-state index contributed by atoms with van der Waals surface area (Å²) in [5.74, 6) is 1.01. The van der Waals surface area contributed by atoms with E-state index in [2.05, 4.69) is 13.8 Å². The average Bonchev–Trinajstić information content (AvgIpc) is 2.67. The van der Waals surface area contributed by atoms with E-state index in [-0.39, 0.29) is 18.4 Å². The van der Waals surface area contributed by atoms with Crippen LogP contribution < -0.4 is 4.90 Å². The fourth-order valence-electron chi connectivity index (χ4n) is 4.07. The molecule has 24 heavy (non-hydrogen) atoms. The maximum absolute atomic E-state index is 12.9. The Morgan fingerprint density at radius 1 is 1.25 bits per heavy atom. The van der Waals surface area contributed by atoms with Crippen molar-refractivity contribution in [3.05, 3.63) is 28.8 Å². The minimum atomic E-state index is -0.650. The number of carbonyl (C=O) groups is 2. The molecule has 0 bridgehead atoms. The summed E-state index contributed by atoms with van der Waals surface area (Å²) in [7, 11) is 0. The fraction of sp³-hybridized carbons (Fsp3) is 0.579. The third-order valence-electron chi connectivity index (χ3n) is 5.22. The van der Waals surface area contributed by atoms with Crippen LogP contribution >= 0.6 is 11.6 Å². The zero-order chi connectivity index (χ0) is 17.6. The molecule has 0 saturated carbocycles. The molecule has 0 spiro atoms. The Hall–Kier alpha value is -1.55. The normalized spacial score (nSPS) is 25.8. The number of hydrogen-bond acceptors (Lipinski definition) is 2. The van der Waals surface area contributed by atoms with Crippen molar-refractivity contribution in [1.82, 2.24) is 4.90 Å². The largest absolute Gasteiger partial charge is 0.341 e. The Morgan fingerprint density at radius 3 is 2.50 bits per heavy atom. The van der Waals surface area contributed by atoms with E-state index in [9.17, 15) is 9.59 Å². The van der Waals surface area contributed by atoms with Gasteiger partial charge < -0.3 is 9.80 Å². The van der Waals surface area contributed by atoms with Crippen molar-refractivity contribution in [3.8, 4) is 0 Å². The number of piperidine rings is 1. The van der Waals surface area contributed by atoms with Crippen LogP contribution in [0, 0.1) is 11.8 Å². The van der Waals surface area contributed by atoms with Crippen LogP contribution in [0.4, 0.5) is 5.69 Å². The van der Waals surface area contributed by atoms with Crippen molar-refractivity contribution >= 4 is 29.1 Å². The Kier molecular flexibility index (Phi) is 4.37. The molecular formula is C19H25ClN2O2. The minimum absolute atomic E-state index is 0.0281. The number of halogens is 1. The van der Waals surface area contributed by atoms with Crippen LogP contribution in [0.2, 0.25) is 5.02 Å². The molecule has 4 nitrogen and oxygen atoms in total. The molecule has 0 unspecified atom stereocenters. The lowest BCUT2D eigenvalue weighted by Crippen LogP contribution is -2.48. The van der Waals surface area contributed by atoms with Gasteiger partial charge in [0.2, 0.25) is 11.8 Å². The first-order valence-corrected chi connectivity index (χ1v) is 8.97. The molecule has 2 heterocycles. The molecular weight excluding hydrogens is 324 g/mol. The van der Waals surface area contributed by atoms with Crippen LogP contribution in [0.15, 0.2) is 18.2 Å². The number of benzene rings is 1. The second-order valence-electron chi connectivity index (χ2n) is 7.92.